The minimum absolute atomic E-state index is 0.115. The maximum atomic E-state index is 11.0. The average molecular weight is 282 g/mol. The van der Waals surface area contributed by atoms with Gasteiger partial charge in [-0.3, -0.25) is 0 Å². The van der Waals surface area contributed by atoms with Gasteiger partial charge < -0.3 is 10.4 Å². The summed E-state index contributed by atoms with van der Waals surface area (Å²) in [4.78, 5) is 12.2. The Bertz CT molecular complexity index is 580. The molecule has 5 heteroatoms. The third-order valence-electron chi connectivity index (χ3n) is 2.62. The van der Waals surface area contributed by atoms with Crippen molar-refractivity contribution < 1.29 is 9.90 Å². The summed E-state index contributed by atoms with van der Waals surface area (Å²) in [6, 6.07) is 6.98. The van der Waals surface area contributed by atoms with E-state index in [2.05, 4.69) is 18.3 Å². The Labute approximate surface area is 114 Å². The average Bonchev–Trinajstić information content (AvgIpc) is 2.73. The lowest BCUT2D eigenvalue weighted by atomic mass is 10.2. The molecule has 1 heterocycles. The molecule has 2 aromatic rings. The molecule has 94 valence electrons. The zero-order valence-electron chi connectivity index (χ0n) is 9.74. The minimum atomic E-state index is -1.02. The van der Waals surface area contributed by atoms with Crippen molar-refractivity contribution in [3.63, 3.8) is 0 Å². The second kappa shape index (κ2) is 5.42. The Morgan fingerprint density at radius 3 is 2.83 bits per heavy atom. The maximum absolute atomic E-state index is 11.0. The molecule has 0 spiro atoms. The van der Waals surface area contributed by atoms with Gasteiger partial charge in [-0.05, 0) is 42.1 Å². The van der Waals surface area contributed by atoms with E-state index < -0.39 is 5.97 Å². The van der Waals surface area contributed by atoms with E-state index in [4.69, 9.17) is 16.7 Å². The summed E-state index contributed by atoms with van der Waals surface area (Å²) < 4.78 is 0. The summed E-state index contributed by atoms with van der Waals surface area (Å²) in [5, 5.41) is 14.5. The lowest BCUT2D eigenvalue weighted by Crippen LogP contribution is -2.02. The van der Waals surface area contributed by atoms with Crippen LogP contribution < -0.4 is 5.32 Å². The first-order valence-corrected chi connectivity index (χ1v) is 6.63. The maximum Gasteiger partial charge on any atom is 0.337 e. The van der Waals surface area contributed by atoms with Crippen LogP contribution >= 0.6 is 22.9 Å². The van der Waals surface area contributed by atoms with E-state index in [1.54, 1.807) is 29.5 Å². The van der Waals surface area contributed by atoms with Crippen molar-refractivity contribution in [2.24, 2.45) is 0 Å². The molecule has 0 aliphatic rings. The largest absolute Gasteiger partial charge is 0.478 e. The first-order chi connectivity index (χ1) is 8.58. The van der Waals surface area contributed by atoms with Gasteiger partial charge in [0.2, 0.25) is 0 Å². The van der Waals surface area contributed by atoms with Crippen molar-refractivity contribution >= 4 is 34.6 Å². The molecule has 18 heavy (non-hydrogen) atoms. The number of hydrogen-bond donors (Lipinski definition) is 2. The van der Waals surface area contributed by atoms with E-state index in [1.165, 1.54) is 10.4 Å². The Balaban J connectivity index is 2.13. The third kappa shape index (κ3) is 2.83. The predicted molar refractivity (Wildman–Crippen MR) is 74.8 cm³/mol. The first kappa shape index (κ1) is 12.9. The lowest BCUT2D eigenvalue weighted by molar-refractivity contribution is 0.0697. The molecule has 0 atom stereocenters. The number of anilines is 1. The zero-order valence-corrected chi connectivity index (χ0v) is 11.3. The number of carbonyl (C=O) groups is 1. The van der Waals surface area contributed by atoms with Crippen LogP contribution in [0.1, 0.15) is 20.8 Å². The minimum Gasteiger partial charge on any atom is -0.478 e. The van der Waals surface area contributed by atoms with Crippen LogP contribution in [0.3, 0.4) is 0 Å². The van der Waals surface area contributed by atoms with E-state index in [-0.39, 0.29) is 10.6 Å². The van der Waals surface area contributed by atoms with Gasteiger partial charge in [-0.1, -0.05) is 11.6 Å². The van der Waals surface area contributed by atoms with E-state index in [0.29, 0.717) is 6.54 Å². The van der Waals surface area contributed by atoms with Crippen LogP contribution in [-0.4, -0.2) is 11.1 Å². The molecule has 0 aliphatic heterocycles. The molecule has 0 unspecified atom stereocenters. The lowest BCUT2D eigenvalue weighted by Gasteiger charge is -2.07. The quantitative estimate of drug-likeness (QED) is 0.890. The SMILES string of the molecule is Cc1ccsc1CNc1ccc(Cl)c(C(=O)O)c1. The van der Waals surface area contributed by atoms with Crippen LogP contribution in [0.4, 0.5) is 5.69 Å². The fraction of sp³-hybridized carbons (Fsp3) is 0.154. The summed E-state index contributed by atoms with van der Waals surface area (Å²) in [5.41, 5.74) is 2.11. The molecular weight excluding hydrogens is 270 g/mol. The monoisotopic (exact) mass is 281 g/mol. The van der Waals surface area contributed by atoms with Crippen LogP contribution in [0.5, 0.6) is 0 Å². The van der Waals surface area contributed by atoms with E-state index in [1.807, 2.05) is 5.38 Å². The highest BCUT2D eigenvalue weighted by Crippen LogP contribution is 2.22. The van der Waals surface area contributed by atoms with Gasteiger partial charge in [-0.15, -0.1) is 11.3 Å². The summed E-state index contributed by atoms with van der Waals surface area (Å²) in [6.45, 7) is 2.74. The first-order valence-electron chi connectivity index (χ1n) is 5.37. The number of hydrogen-bond acceptors (Lipinski definition) is 3. The van der Waals surface area contributed by atoms with Gasteiger partial charge in [0.25, 0.3) is 0 Å². The Morgan fingerprint density at radius 2 is 2.22 bits per heavy atom. The molecule has 0 amide bonds. The topological polar surface area (TPSA) is 49.3 Å². The molecule has 0 saturated heterocycles. The van der Waals surface area contributed by atoms with Crippen LogP contribution in [0.15, 0.2) is 29.6 Å². The Hall–Kier alpha value is -1.52. The molecule has 0 bridgehead atoms. The highest BCUT2D eigenvalue weighted by molar-refractivity contribution is 7.10. The van der Waals surface area contributed by atoms with Crippen LogP contribution in [-0.2, 0) is 6.54 Å². The highest BCUT2D eigenvalue weighted by Gasteiger charge is 2.09. The third-order valence-corrected chi connectivity index (χ3v) is 3.97. The molecule has 0 radical (unpaired) electrons. The number of nitrogens with one attached hydrogen (secondary N) is 1. The number of rotatable bonds is 4. The number of aryl methyl sites for hydroxylation is 1. The number of benzene rings is 1. The van der Waals surface area contributed by atoms with E-state index in [0.717, 1.165) is 5.69 Å². The molecule has 1 aromatic carbocycles. The van der Waals surface area contributed by atoms with E-state index >= 15 is 0 Å². The fourth-order valence-electron chi connectivity index (χ4n) is 1.57. The van der Waals surface area contributed by atoms with Crippen LogP contribution in [0.25, 0.3) is 0 Å². The predicted octanol–water partition coefficient (Wildman–Crippen LogP) is 4.02. The summed E-state index contributed by atoms with van der Waals surface area (Å²) in [6.07, 6.45) is 0. The van der Waals surface area contributed by atoms with Crippen molar-refractivity contribution in [3.8, 4) is 0 Å². The molecule has 0 fully saturated rings. The van der Waals surface area contributed by atoms with Gasteiger partial charge in [-0.25, -0.2) is 4.79 Å². The number of halogens is 1. The van der Waals surface area contributed by atoms with Crippen LogP contribution in [0, 0.1) is 6.92 Å². The summed E-state index contributed by atoms with van der Waals surface area (Å²) in [7, 11) is 0. The van der Waals surface area contributed by atoms with Crippen molar-refractivity contribution in [1.29, 1.82) is 0 Å². The van der Waals surface area contributed by atoms with Crippen molar-refractivity contribution in [2.75, 3.05) is 5.32 Å². The van der Waals surface area contributed by atoms with Crippen LogP contribution in [0.2, 0.25) is 5.02 Å². The van der Waals surface area contributed by atoms with Gasteiger partial charge in [0.05, 0.1) is 10.6 Å². The summed E-state index contributed by atoms with van der Waals surface area (Å²) in [5.74, 6) is -1.02. The number of thiophene rings is 1. The van der Waals surface area contributed by atoms with E-state index in [9.17, 15) is 4.79 Å². The van der Waals surface area contributed by atoms with Gasteiger partial charge in [0, 0.05) is 17.1 Å². The second-order valence-corrected chi connectivity index (χ2v) is 5.29. The van der Waals surface area contributed by atoms with Crippen molar-refractivity contribution in [2.45, 2.75) is 13.5 Å². The van der Waals surface area contributed by atoms with Crippen molar-refractivity contribution in [1.82, 2.24) is 0 Å². The normalized spacial score (nSPS) is 10.3. The molecule has 0 saturated carbocycles. The molecule has 2 rings (SSSR count). The van der Waals surface area contributed by atoms with Gasteiger partial charge in [0.1, 0.15) is 0 Å². The smallest absolute Gasteiger partial charge is 0.337 e. The Morgan fingerprint density at radius 1 is 1.44 bits per heavy atom. The Kier molecular flexibility index (Phi) is 3.89. The second-order valence-electron chi connectivity index (χ2n) is 3.88. The molecule has 3 nitrogen and oxygen atoms in total. The summed E-state index contributed by atoms with van der Waals surface area (Å²) >= 11 is 7.49. The fourth-order valence-corrected chi connectivity index (χ4v) is 2.61. The van der Waals surface area contributed by atoms with Gasteiger partial charge in [0.15, 0.2) is 0 Å². The molecular formula is C13H12ClNO2S. The van der Waals surface area contributed by atoms with Gasteiger partial charge in [-0.2, -0.15) is 0 Å². The van der Waals surface area contributed by atoms with Crippen molar-refractivity contribution in [3.05, 3.63) is 50.7 Å². The molecule has 1 aromatic heterocycles. The standard InChI is InChI=1S/C13H12ClNO2S/c1-8-4-5-18-12(8)7-15-9-2-3-11(14)10(6-9)13(16)17/h2-6,15H,7H2,1H3,(H,16,17). The number of aromatic carboxylic acids is 1. The molecule has 0 aliphatic carbocycles. The highest BCUT2D eigenvalue weighted by atomic mass is 35.5. The number of carboxylic acid groups (broad SMARTS) is 1. The zero-order chi connectivity index (χ0) is 13.1. The van der Waals surface area contributed by atoms with Gasteiger partial charge >= 0.3 is 5.97 Å². The number of carboxylic acids is 1. The molecule has 2 N–H and O–H groups in total.